The van der Waals surface area contributed by atoms with Crippen molar-refractivity contribution < 1.29 is 19.1 Å². The van der Waals surface area contributed by atoms with E-state index in [0.717, 1.165) is 22.4 Å². The molecule has 0 spiro atoms. The predicted molar refractivity (Wildman–Crippen MR) is 135 cm³/mol. The Morgan fingerprint density at radius 1 is 0.765 bits per heavy atom. The van der Waals surface area contributed by atoms with Crippen molar-refractivity contribution in [3.8, 4) is 5.75 Å². The molecule has 34 heavy (non-hydrogen) atoms. The molecule has 0 aromatic heterocycles. The van der Waals surface area contributed by atoms with Gasteiger partial charge in [-0.05, 0) is 59.7 Å². The van der Waals surface area contributed by atoms with Gasteiger partial charge in [0.25, 0.3) is 5.91 Å². The van der Waals surface area contributed by atoms with Crippen molar-refractivity contribution in [1.29, 1.82) is 0 Å². The second-order valence-electron chi connectivity index (χ2n) is 8.95. The lowest BCUT2D eigenvalue weighted by atomic mass is 9.92. The Kier molecular flexibility index (Phi) is 8.47. The zero-order valence-electron chi connectivity index (χ0n) is 20.5. The average Bonchev–Trinajstić information content (AvgIpc) is 2.83. The summed E-state index contributed by atoms with van der Waals surface area (Å²) in [5.74, 6) is 0.432. The number of hydrogen-bond acceptors (Lipinski definition) is 4. The van der Waals surface area contributed by atoms with Crippen LogP contribution in [0.15, 0.2) is 72.8 Å². The number of ether oxygens (including phenoxy) is 2. The van der Waals surface area contributed by atoms with E-state index in [1.54, 1.807) is 31.2 Å². The third-order valence-corrected chi connectivity index (χ3v) is 5.60. The fraction of sp³-hybridized carbons (Fsp3) is 0.310. The number of hydrogen-bond donors (Lipinski definition) is 1. The highest BCUT2D eigenvalue weighted by Gasteiger charge is 2.19. The maximum Gasteiger partial charge on any atom is 0.347 e. The molecule has 1 atom stereocenters. The Labute approximate surface area is 202 Å². The van der Waals surface area contributed by atoms with Gasteiger partial charge in [0, 0.05) is 11.3 Å². The number of carbonyl (C=O) groups excluding carboxylic acids is 2. The van der Waals surface area contributed by atoms with Gasteiger partial charge in [-0.2, -0.15) is 0 Å². The van der Waals surface area contributed by atoms with E-state index in [1.807, 2.05) is 36.4 Å². The van der Waals surface area contributed by atoms with Gasteiger partial charge >= 0.3 is 5.97 Å². The molecule has 0 bridgehead atoms. The maximum atomic E-state index is 13.0. The van der Waals surface area contributed by atoms with Gasteiger partial charge in [0.15, 0.2) is 6.10 Å². The average molecular weight is 460 g/mol. The fourth-order valence-electron chi connectivity index (χ4n) is 3.66. The first-order valence-corrected chi connectivity index (χ1v) is 11.7. The van der Waals surface area contributed by atoms with E-state index in [0.29, 0.717) is 11.3 Å². The summed E-state index contributed by atoms with van der Waals surface area (Å²) in [5.41, 5.74) is 4.54. The number of nitrogens with one attached hydrogen (secondary N) is 1. The van der Waals surface area contributed by atoms with E-state index in [9.17, 15) is 9.59 Å². The van der Waals surface area contributed by atoms with Crippen LogP contribution in [0.4, 0.5) is 5.69 Å². The quantitative estimate of drug-likeness (QED) is 0.362. The second-order valence-corrected chi connectivity index (χ2v) is 8.95. The van der Waals surface area contributed by atoms with E-state index in [2.05, 4.69) is 45.1 Å². The lowest BCUT2D eigenvalue weighted by Gasteiger charge is -2.20. The SMILES string of the molecule is CC(C)c1cccc(C(C)C)c1NC(=O)c1ccc(O[C@@H](C)C(=O)OCc2ccccc2)cc1. The van der Waals surface area contributed by atoms with Crippen LogP contribution in [0.5, 0.6) is 5.75 Å². The van der Waals surface area contributed by atoms with Crippen molar-refractivity contribution >= 4 is 17.6 Å². The first-order chi connectivity index (χ1) is 16.3. The Balaban J connectivity index is 1.63. The molecule has 0 radical (unpaired) electrons. The molecule has 5 heteroatoms. The molecule has 178 valence electrons. The van der Waals surface area contributed by atoms with Crippen molar-refractivity contribution in [2.45, 2.75) is 59.2 Å². The van der Waals surface area contributed by atoms with E-state index in [4.69, 9.17) is 9.47 Å². The molecule has 3 aromatic rings. The number of anilines is 1. The van der Waals surface area contributed by atoms with Crippen LogP contribution in [0.25, 0.3) is 0 Å². The molecule has 0 heterocycles. The monoisotopic (exact) mass is 459 g/mol. The van der Waals surface area contributed by atoms with Crippen molar-refractivity contribution in [3.63, 3.8) is 0 Å². The van der Waals surface area contributed by atoms with E-state index < -0.39 is 12.1 Å². The minimum Gasteiger partial charge on any atom is -0.479 e. The standard InChI is InChI=1S/C29H33NO4/c1-19(2)25-12-9-13-26(20(3)4)27(25)30-28(31)23-14-16-24(17-15-23)34-21(5)29(32)33-18-22-10-7-6-8-11-22/h6-17,19-21H,18H2,1-5H3,(H,30,31)/t21-/m0/s1. The van der Waals surface area contributed by atoms with Crippen LogP contribution in [0, 0.1) is 0 Å². The molecule has 0 aliphatic rings. The summed E-state index contributed by atoms with van der Waals surface area (Å²) in [4.78, 5) is 25.3. The summed E-state index contributed by atoms with van der Waals surface area (Å²) in [7, 11) is 0. The Morgan fingerprint density at radius 3 is 1.91 bits per heavy atom. The number of rotatable bonds is 9. The van der Waals surface area contributed by atoms with Crippen molar-refractivity contribution in [3.05, 3.63) is 95.1 Å². The molecule has 0 unspecified atom stereocenters. The van der Waals surface area contributed by atoms with Crippen LogP contribution in [0.1, 0.15) is 73.5 Å². The first-order valence-electron chi connectivity index (χ1n) is 11.7. The molecule has 0 saturated carbocycles. The molecule has 1 N–H and O–H groups in total. The van der Waals surface area contributed by atoms with Crippen LogP contribution < -0.4 is 10.1 Å². The minimum absolute atomic E-state index is 0.183. The summed E-state index contributed by atoms with van der Waals surface area (Å²) in [5, 5.41) is 3.12. The summed E-state index contributed by atoms with van der Waals surface area (Å²) in [6.07, 6.45) is -0.769. The van der Waals surface area contributed by atoms with Crippen LogP contribution in [-0.4, -0.2) is 18.0 Å². The van der Waals surface area contributed by atoms with Crippen molar-refractivity contribution in [2.75, 3.05) is 5.32 Å². The van der Waals surface area contributed by atoms with Crippen LogP contribution in [0.2, 0.25) is 0 Å². The molecular formula is C29H33NO4. The van der Waals surface area contributed by atoms with Gasteiger partial charge in [-0.3, -0.25) is 4.79 Å². The molecular weight excluding hydrogens is 426 g/mol. The zero-order valence-corrected chi connectivity index (χ0v) is 20.5. The Hall–Kier alpha value is -3.60. The third kappa shape index (κ3) is 6.47. The first kappa shape index (κ1) is 25.0. The number of amides is 1. The number of esters is 1. The van der Waals surface area contributed by atoms with Gasteiger partial charge in [0.2, 0.25) is 0 Å². The summed E-state index contributed by atoms with van der Waals surface area (Å²) in [6.45, 7) is 10.3. The molecule has 3 rings (SSSR count). The van der Waals surface area contributed by atoms with E-state index >= 15 is 0 Å². The predicted octanol–water partition coefficient (Wildman–Crippen LogP) is 6.70. The molecule has 0 fully saturated rings. The van der Waals surface area contributed by atoms with Crippen LogP contribution in [-0.2, 0) is 16.1 Å². The number of carbonyl (C=O) groups is 2. The van der Waals surface area contributed by atoms with Gasteiger partial charge in [-0.1, -0.05) is 76.2 Å². The van der Waals surface area contributed by atoms with Crippen molar-refractivity contribution in [2.24, 2.45) is 0 Å². The summed E-state index contributed by atoms with van der Waals surface area (Å²) < 4.78 is 11.0. The smallest absolute Gasteiger partial charge is 0.347 e. The molecule has 0 aliphatic carbocycles. The highest BCUT2D eigenvalue weighted by atomic mass is 16.6. The zero-order chi connectivity index (χ0) is 24.7. The third-order valence-electron chi connectivity index (χ3n) is 5.60. The van der Waals surface area contributed by atoms with Gasteiger partial charge in [-0.25, -0.2) is 4.79 Å². The van der Waals surface area contributed by atoms with Crippen LogP contribution in [0.3, 0.4) is 0 Å². The lowest BCUT2D eigenvalue weighted by Crippen LogP contribution is -2.26. The van der Waals surface area contributed by atoms with Gasteiger partial charge in [0.1, 0.15) is 12.4 Å². The van der Waals surface area contributed by atoms with Crippen molar-refractivity contribution in [1.82, 2.24) is 0 Å². The highest BCUT2D eigenvalue weighted by molar-refractivity contribution is 6.05. The van der Waals surface area contributed by atoms with E-state index in [1.165, 1.54) is 0 Å². The maximum absolute atomic E-state index is 13.0. The summed E-state index contributed by atoms with van der Waals surface area (Å²) in [6, 6.07) is 22.4. The van der Waals surface area contributed by atoms with Gasteiger partial charge in [-0.15, -0.1) is 0 Å². The minimum atomic E-state index is -0.769. The molecule has 0 aliphatic heterocycles. The van der Waals surface area contributed by atoms with Gasteiger partial charge in [0.05, 0.1) is 0 Å². The molecule has 0 saturated heterocycles. The van der Waals surface area contributed by atoms with E-state index in [-0.39, 0.29) is 24.3 Å². The largest absolute Gasteiger partial charge is 0.479 e. The Bertz CT molecular complexity index is 1080. The fourth-order valence-corrected chi connectivity index (χ4v) is 3.66. The second kappa shape index (κ2) is 11.5. The molecule has 1 amide bonds. The number of benzene rings is 3. The number of para-hydroxylation sites is 1. The summed E-state index contributed by atoms with van der Waals surface area (Å²) >= 11 is 0. The molecule has 3 aromatic carbocycles. The topological polar surface area (TPSA) is 64.6 Å². The highest BCUT2D eigenvalue weighted by Crippen LogP contribution is 2.32. The lowest BCUT2D eigenvalue weighted by molar-refractivity contribution is -0.152. The Morgan fingerprint density at radius 2 is 1.35 bits per heavy atom. The van der Waals surface area contributed by atoms with Crippen LogP contribution >= 0.6 is 0 Å². The molecule has 5 nitrogen and oxygen atoms in total. The van der Waals surface area contributed by atoms with Gasteiger partial charge < -0.3 is 14.8 Å². The normalized spacial score (nSPS) is 11.9.